The van der Waals surface area contributed by atoms with Gasteiger partial charge in [-0.25, -0.2) is 0 Å². The highest BCUT2D eigenvalue weighted by atomic mass is 32.1. The fourth-order valence-electron chi connectivity index (χ4n) is 1.39. The third-order valence-electron chi connectivity index (χ3n) is 2.20. The monoisotopic (exact) mass is 229 g/mol. The van der Waals surface area contributed by atoms with Crippen molar-refractivity contribution in [1.29, 1.82) is 0 Å². The minimum atomic E-state index is -0.200. The second kappa shape index (κ2) is 5.11. The quantitative estimate of drug-likeness (QED) is 0.636. The summed E-state index contributed by atoms with van der Waals surface area (Å²) in [5.74, 6) is 0.802. The Labute approximate surface area is 93.6 Å². The molecule has 1 atom stereocenters. The van der Waals surface area contributed by atoms with Crippen molar-refractivity contribution in [2.45, 2.75) is 26.7 Å². The van der Waals surface area contributed by atoms with Gasteiger partial charge in [-0.05, 0) is 25.1 Å². The third kappa shape index (κ3) is 3.51. The Bertz CT molecular complexity index is 394. The molecule has 1 aromatic rings. The molecule has 0 bridgehead atoms. The fraction of sp³-hybridized carbons (Fsp3) is 0.600. The van der Waals surface area contributed by atoms with E-state index in [0.29, 0.717) is 17.7 Å². The van der Waals surface area contributed by atoms with Crippen LogP contribution >= 0.6 is 12.2 Å². The number of oxazole rings is 1. The van der Waals surface area contributed by atoms with E-state index >= 15 is 0 Å². The van der Waals surface area contributed by atoms with Crippen molar-refractivity contribution in [2.24, 2.45) is 5.92 Å². The molecule has 84 valence electrons. The molecule has 0 saturated carbocycles. The molecule has 0 amide bonds. The zero-order valence-corrected chi connectivity index (χ0v) is 9.94. The van der Waals surface area contributed by atoms with Crippen LogP contribution in [0.4, 0.5) is 0 Å². The number of aryl methyl sites for hydroxylation is 1. The lowest BCUT2D eigenvalue weighted by atomic mass is 10.0. The van der Waals surface area contributed by atoms with Crippen LogP contribution in [0.3, 0.4) is 0 Å². The molecular weight excluding hydrogens is 214 g/mol. The number of carbonyl (C=O) groups is 1. The van der Waals surface area contributed by atoms with Gasteiger partial charge in [-0.2, -0.15) is 0 Å². The smallest absolute Gasteiger partial charge is 0.305 e. The highest BCUT2D eigenvalue weighted by Crippen LogP contribution is 2.15. The summed E-state index contributed by atoms with van der Waals surface area (Å²) in [6.07, 6.45) is 1.08. The number of ether oxygens (including phenoxy) is 1. The number of esters is 1. The van der Waals surface area contributed by atoms with E-state index in [2.05, 4.69) is 9.72 Å². The van der Waals surface area contributed by atoms with Gasteiger partial charge in [-0.15, -0.1) is 0 Å². The first-order valence-electron chi connectivity index (χ1n) is 4.78. The van der Waals surface area contributed by atoms with Gasteiger partial charge in [0.05, 0.1) is 12.8 Å². The van der Waals surface area contributed by atoms with Crippen LogP contribution in [0, 0.1) is 17.7 Å². The Kier molecular flexibility index (Phi) is 4.08. The van der Waals surface area contributed by atoms with Gasteiger partial charge in [0.25, 0.3) is 4.84 Å². The molecule has 0 radical (unpaired) electrons. The SMILES string of the molecule is COC(=O)CC(C)Cc1oc(=S)[nH]c1C. The number of H-pyrrole nitrogens is 1. The Morgan fingerprint density at radius 3 is 2.80 bits per heavy atom. The van der Waals surface area contributed by atoms with Crippen LogP contribution in [-0.2, 0) is 16.0 Å². The molecule has 1 N–H and O–H groups in total. The largest absolute Gasteiger partial charge is 0.469 e. The van der Waals surface area contributed by atoms with E-state index in [1.165, 1.54) is 7.11 Å². The number of hydrogen-bond acceptors (Lipinski definition) is 4. The van der Waals surface area contributed by atoms with Crippen LogP contribution in [0.1, 0.15) is 24.8 Å². The lowest BCUT2D eigenvalue weighted by Crippen LogP contribution is -2.09. The van der Waals surface area contributed by atoms with Crippen molar-refractivity contribution in [3.63, 3.8) is 0 Å². The van der Waals surface area contributed by atoms with E-state index in [1.54, 1.807) is 0 Å². The summed E-state index contributed by atoms with van der Waals surface area (Å²) < 4.78 is 9.90. The predicted octanol–water partition coefficient (Wildman–Crippen LogP) is 2.39. The molecule has 1 rings (SSSR count). The van der Waals surface area contributed by atoms with E-state index in [9.17, 15) is 4.79 Å². The third-order valence-corrected chi connectivity index (χ3v) is 2.39. The van der Waals surface area contributed by atoms with Gasteiger partial charge in [-0.3, -0.25) is 4.79 Å². The number of methoxy groups -OCH3 is 1. The minimum Gasteiger partial charge on any atom is -0.469 e. The number of aromatic nitrogens is 1. The van der Waals surface area contributed by atoms with E-state index < -0.39 is 0 Å². The van der Waals surface area contributed by atoms with Crippen molar-refractivity contribution in [1.82, 2.24) is 4.98 Å². The molecule has 0 saturated heterocycles. The molecule has 1 heterocycles. The molecule has 0 fully saturated rings. The highest BCUT2D eigenvalue weighted by molar-refractivity contribution is 7.71. The van der Waals surface area contributed by atoms with Gasteiger partial charge in [0.2, 0.25) is 0 Å². The van der Waals surface area contributed by atoms with Gasteiger partial charge in [-0.1, -0.05) is 6.92 Å². The zero-order chi connectivity index (χ0) is 11.4. The number of carbonyl (C=O) groups excluding carboxylic acids is 1. The van der Waals surface area contributed by atoms with E-state index in [-0.39, 0.29) is 11.9 Å². The molecule has 0 aliphatic heterocycles. The van der Waals surface area contributed by atoms with Crippen LogP contribution in [0.15, 0.2) is 4.42 Å². The van der Waals surface area contributed by atoms with E-state index in [4.69, 9.17) is 16.6 Å². The van der Waals surface area contributed by atoms with Crippen molar-refractivity contribution in [3.05, 3.63) is 16.3 Å². The maximum atomic E-state index is 11.0. The summed E-state index contributed by atoms with van der Waals surface area (Å²) in [6.45, 7) is 3.88. The average Bonchev–Trinajstić information content (AvgIpc) is 2.44. The molecular formula is C10H15NO3S. The van der Waals surface area contributed by atoms with E-state index in [1.807, 2.05) is 13.8 Å². The second-order valence-electron chi connectivity index (χ2n) is 3.65. The number of aromatic amines is 1. The summed E-state index contributed by atoms with van der Waals surface area (Å²) in [4.78, 5) is 14.3. The van der Waals surface area contributed by atoms with Gasteiger partial charge in [0.15, 0.2) is 0 Å². The number of hydrogen-bond donors (Lipinski definition) is 1. The van der Waals surface area contributed by atoms with Crippen LogP contribution in [0.25, 0.3) is 0 Å². The van der Waals surface area contributed by atoms with Gasteiger partial charge >= 0.3 is 5.97 Å². The molecule has 0 aliphatic carbocycles. The van der Waals surface area contributed by atoms with Crippen molar-refractivity contribution in [3.8, 4) is 0 Å². The first kappa shape index (κ1) is 12.0. The van der Waals surface area contributed by atoms with E-state index in [0.717, 1.165) is 11.5 Å². The van der Waals surface area contributed by atoms with Crippen molar-refractivity contribution < 1.29 is 13.9 Å². The highest BCUT2D eigenvalue weighted by Gasteiger charge is 2.13. The summed E-state index contributed by atoms with van der Waals surface area (Å²) in [7, 11) is 1.39. The van der Waals surface area contributed by atoms with Crippen LogP contribution in [-0.4, -0.2) is 18.1 Å². The molecule has 1 unspecified atom stereocenters. The Morgan fingerprint density at radius 1 is 1.67 bits per heavy atom. The lowest BCUT2D eigenvalue weighted by Gasteiger charge is -2.07. The molecule has 0 aliphatic rings. The number of rotatable bonds is 4. The summed E-state index contributed by atoms with van der Waals surface area (Å²) in [5.41, 5.74) is 0.928. The molecule has 4 nitrogen and oxygen atoms in total. The molecule has 0 spiro atoms. The topological polar surface area (TPSA) is 55.2 Å². The molecule has 15 heavy (non-hydrogen) atoms. The predicted molar refractivity (Wildman–Crippen MR) is 58.1 cm³/mol. The first-order chi connectivity index (χ1) is 7.02. The van der Waals surface area contributed by atoms with Crippen molar-refractivity contribution >= 4 is 18.2 Å². The molecule has 1 aromatic heterocycles. The second-order valence-corrected chi connectivity index (χ2v) is 4.02. The van der Waals surface area contributed by atoms with Crippen LogP contribution in [0.5, 0.6) is 0 Å². The van der Waals surface area contributed by atoms with Crippen LogP contribution < -0.4 is 0 Å². The zero-order valence-electron chi connectivity index (χ0n) is 9.12. The Morgan fingerprint density at radius 2 is 2.33 bits per heavy atom. The fourth-order valence-corrected chi connectivity index (χ4v) is 1.64. The Hall–Kier alpha value is -1.10. The van der Waals surface area contributed by atoms with Gasteiger partial charge in [0.1, 0.15) is 5.76 Å². The van der Waals surface area contributed by atoms with Gasteiger partial charge < -0.3 is 14.1 Å². The summed E-state index contributed by atoms with van der Waals surface area (Å²) >= 11 is 4.87. The first-order valence-corrected chi connectivity index (χ1v) is 5.19. The average molecular weight is 229 g/mol. The minimum absolute atomic E-state index is 0.185. The van der Waals surface area contributed by atoms with Crippen molar-refractivity contribution in [2.75, 3.05) is 7.11 Å². The number of nitrogens with one attached hydrogen (secondary N) is 1. The maximum Gasteiger partial charge on any atom is 0.305 e. The molecule has 0 aromatic carbocycles. The molecule has 5 heteroatoms. The summed E-state index contributed by atoms with van der Waals surface area (Å²) in [6, 6.07) is 0. The Balaban J connectivity index is 2.58. The standard InChI is InChI=1S/C10H15NO3S/c1-6(5-9(12)13-3)4-8-7(2)11-10(15)14-8/h6H,4-5H2,1-3H3,(H,11,15). The van der Waals surface area contributed by atoms with Gasteiger partial charge in [0, 0.05) is 12.8 Å². The van der Waals surface area contributed by atoms with Crippen LogP contribution in [0.2, 0.25) is 0 Å². The maximum absolute atomic E-state index is 11.0. The normalized spacial score (nSPS) is 12.5. The summed E-state index contributed by atoms with van der Waals surface area (Å²) in [5, 5.41) is 0. The lowest BCUT2D eigenvalue weighted by molar-refractivity contribution is -0.141.